The van der Waals surface area contributed by atoms with Crippen LogP contribution in [0.1, 0.15) is 10.5 Å². The third-order valence-electron chi connectivity index (χ3n) is 2.13. The lowest BCUT2D eigenvalue weighted by molar-refractivity contribution is 0.102. The molecule has 1 heterocycles. The molecule has 0 fully saturated rings. The van der Waals surface area contributed by atoms with Gasteiger partial charge in [0.1, 0.15) is 5.69 Å². The standard InChI is InChI=1S/C12H7ClFIN2O/c13-7-4-5-9(8(15)6-7)17-12(18)10-2-1-3-11(14)16-10/h1-6H,(H,17,18). The van der Waals surface area contributed by atoms with Crippen LogP contribution in [0.4, 0.5) is 10.1 Å². The highest BCUT2D eigenvalue weighted by molar-refractivity contribution is 14.1. The third-order valence-corrected chi connectivity index (χ3v) is 3.25. The molecule has 6 heteroatoms. The molecule has 0 spiro atoms. The highest BCUT2D eigenvalue weighted by Gasteiger charge is 2.10. The predicted molar refractivity (Wildman–Crippen MR) is 76.3 cm³/mol. The van der Waals surface area contributed by atoms with Gasteiger partial charge >= 0.3 is 0 Å². The van der Waals surface area contributed by atoms with E-state index in [1.54, 1.807) is 18.2 Å². The molecule has 3 nitrogen and oxygen atoms in total. The van der Waals surface area contributed by atoms with Crippen LogP contribution in [-0.2, 0) is 0 Å². The van der Waals surface area contributed by atoms with Gasteiger partial charge in [0.15, 0.2) is 0 Å². The lowest BCUT2D eigenvalue weighted by Crippen LogP contribution is -2.14. The molecule has 0 aliphatic carbocycles. The number of aromatic nitrogens is 1. The molecule has 92 valence electrons. The second kappa shape index (κ2) is 5.62. The van der Waals surface area contributed by atoms with Crippen molar-refractivity contribution in [3.8, 4) is 0 Å². The molecule has 1 aromatic carbocycles. The summed E-state index contributed by atoms with van der Waals surface area (Å²) < 4.78 is 13.7. The number of pyridine rings is 1. The van der Waals surface area contributed by atoms with Crippen LogP contribution in [0.5, 0.6) is 0 Å². The van der Waals surface area contributed by atoms with Crippen molar-refractivity contribution in [2.45, 2.75) is 0 Å². The molecular formula is C12H7ClFIN2O. The first-order valence-corrected chi connectivity index (χ1v) is 6.41. The Kier molecular flexibility index (Phi) is 4.13. The molecule has 0 unspecified atom stereocenters. The lowest BCUT2D eigenvalue weighted by atomic mass is 10.3. The van der Waals surface area contributed by atoms with Crippen molar-refractivity contribution < 1.29 is 9.18 Å². The Hall–Kier alpha value is -1.21. The van der Waals surface area contributed by atoms with Gasteiger partial charge in [-0.1, -0.05) is 17.7 Å². The smallest absolute Gasteiger partial charge is 0.274 e. The number of nitrogens with zero attached hydrogens (tertiary/aromatic N) is 1. The van der Waals surface area contributed by atoms with E-state index in [-0.39, 0.29) is 5.69 Å². The molecule has 2 rings (SSSR count). The number of amides is 1. The van der Waals surface area contributed by atoms with Gasteiger partial charge < -0.3 is 5.32 Å². The van der Waals surface area contributed by atoms with E-state index in [2.05, 4.69) is 32.9 Å². The predicted octanol–water partition coefficient (Wildman–Crippen LogP) is 3.73. The topological polar surface area (TPSA) is 42.0 Å². The van der Waals surface area contributed by atoms with Gasteiger partial charge in [-0.15, -0.1) is 0 Å². The van der Waals surface area contributed by atoms with E-state index in [1.807, 2.05) is 0 Å². The maximum atomic E-state index is 12.9. The minimum absolute atomic E-state index is 0.0285. The van der Waals surface area contributed by atoms with Gasteiger partial charge in [-0.05, 0) is 52.9 Å². The SMILES string of the molecule is O=C(Nc1ccc(Cl)cc1I)c1cccc(F)n1. The van der Waals surface area contributed by atoms with Crippen molar-refractivity contribution in [2.24, 2.45) is 0 Å². The van der Waals surface area contributed by atoms with E-state index in [9.17, 15) is 9.18 Å². The van der Waals surface area contributed by atoms with E-state index in [0.717, 1.165) is 3.57 Å². The van der Waals surface area contributed by atoms with Gasteiger partial charge in [-0.3, -0.25) is 4.79 Å². The molecule has 1 N–H and O–H groups in total. The second-order valence-electron chi connectivity index (χ2n) is 3.42. The fraction of sp³-hybridized carbons (Fsp3) is 0. The molecule has 2 aromatic rings. The van der Waals surface area contributed by atoms with Gasteiger partial charge in [0.25, 0.3) is 5.91 Å². The molecule has 18 heavy (non-hydrogen) atoms. The number of hydrogen-bond donors (Lipinski definition) is 1. The van der Waals surface area contributed by atoms with Gasteiger partial charge in [0.2, 0.25) is 5.95 Å². The highest BCUT2D eigenvalue weighted by atomic mass is 127. The fourth-order valence-corrected chi connectivity index (χ4v) is 2.32. The first-order valence-electron chi connectivity index (χ1n) is 4.95. The van der Waals surface area contributed by atoms with Crippen LogP contribution in [0.15, 0.2) is 36.4 Å². The summed E-state index contributed by atoms with van der Waals surface area (Å²) in [7, 11) is 0. The number of halogens is 3. The summed E-state index contributed by atoms with van der Waals surface area (Å²) in [5.74, 6) is -1.15. The number of carbonyl (C=O) groups is 1. The molecule has 1 amide bonds. The maximum Gasteiger partial charge on any atom is 0.274 e. The molecule has 0 bridgehead atoms. The number of hydrogen-bond acceptors (Lipinski definition) is 2. The Morgan fingerprint density at radius 1 is 1.33 bits per heavy atom. The normalized spacial score (nSPS) is 10.2. The minimum atomic E-state index is -0.687. The van der Waals surface area contributed by atoms with Gasteiger partial charge in [0, 0.05) is 8.59 Å². The largest absolute Gasteiger partial charge is 0.320 e. The minimum Gasteiger partial charge on any atom is -0.320 e. The molecule has 0 aliphatic rings. The van der Waals surface area contributed by atoms with Crippen LogP contribution in [0.2, 0.25) is 5.02 Å². The van der Waals surface area contributed by atoms with Crippen LogP contribution >= 0.6 is 34.2 Å². The quantitative estimate of drug-likeness (QED) is 0.641. The summed E-state index contributed by atoms with van der Waals surface area (Å²) in [6.45, 7) is 0. The van der Waals surface area contributed by atoms with Crippen molar-refractivity contribution in [3.63, 3.8) is 0 Å². The average Bonchev–Trinajstić information content (AvgIpc) is 2.32. The van der Waals surface area contributed by atoms with E-state index >= 15 is 0 Å². The third kappa shape index (κ3) is 3.17. The number of carbonyl (C=O) groups excluding carboxylic acids is 1. The lowest BCUT2D eigenvalue weighted by Gasteiger charge is -2.07. The summed E-state index contributed by atoms with van der Waals surface area (Å²) in [4.78, 5) is 15.3. The van der Waals surface area contributed by atoms with Crippen LogP contribution in [-0.4, -0.2) is 10.9 Å². The van der Waals surface area contributed by atoms with Crippen molar-refractivity contribution >= 4 is 45.8 Å². The van der Waals surface area contributed by atoms with Crippen LogP contribution in [0, 0.1) is 9.52 Å². The Bertz CT molecular complexity index is 606. The zero-order valence-electron chi connectivity index (χ0n) is 8.95. The molecular weight excluding hydrogens is 370 g/mol. The molecule has 0 radical (unpaired) electrons. The van der Waals surface area contributed by atoms with Crippen LogP contribution in [0.3, 0.4) is 0 Å². The number of rotatable bonds is 2. The average molecular weight is 377 g/mol. The van der Waals surface area contributed by atoms with Crippen molar-refractivity contribution in [1.82, 2.24) is 4.98 Å². The van der Waals surface area contributed by atoms with E-state index in [4.69, 9.17) is 11.6 Å². The number of benzene rings is 1. The van der Waals surface area contributed by atoms with E-state index in [0.29, 0.717) is 10.7 Å². The summed E-state index contributed by atoms with van der Waals surface area (Å²) in [5, 5.41) is 3.23. The second-order valence-corrected chi connectivity index (χ2v) is 5.02. The molecule has 1 aromatic heterocycles. The van der Waals surface area contributed by atoms with E-state index < -0.39 is 11.9 Å². The molecule has 0 atom stereocenters. The Labute approximate surface area is 122 Å². The molecule has 0 saturated heterocycles. The highest BCUT2D eigenvalue weighted by Crippen LogP contribution is 2.22. The van der Waals surface area contributed by atoms with Crippen LogP contribution in [0.25, 0.3) is 0 Å². The Morgan fingerprint density at radius 3 is 2.78 bits per heavy atom. The summed E-state index contributed by atoms with van der Waals surface area (Å²) in [5.41, 5.74) is 0.636. The summed E-state index contributed by atoms with van der Waals surface area (Å²) in [6, 6.07) is 9.13. The fourth-order valence-electron chi connectivity index (χ4n) is 1.31. The Morgan fingerprint density at radius 2 is 2.11 bits per heavy atom. The Balaban J connectivity index is 2.21. The zero-order valence-corrected chi connectivity index (χ0v) is 11.9. The zero-order chi connectivity index (χ0) is 13.1. The molecule has 0 saturated carbocycles. The number of nitrogens with one attached hydrogen (secondary N) is 1. The van der Waals surface area contributed by atoms with Crippen molar-refractivity contribution in [1.29, 1.82) is 0 Å². The first kappa shape index (κ1) is 13.2. The van der Waals surface area contributed by atoms with Gasteiger partial charge in [0.05, 0.1) is 5.69 Å². The maximum absolute atomic E-state index is 12.9. The van der Waals surface area contributed by atoms with Gasteiger partial charge in [-0.2, -0.15) is 4.39 Å². The van der Waals surface area contributed by atoms with Gasteiger partial charge in [-0.25, -0.2) is 4.98 Å². The van der Waals surface area contributed by atoms with Crippen molar-refractivity contribution in [3.05, 3.63) is 56.6 Å². The number of anilines is 1. The first-order chi connectivity index (χ1) is 8.56. The van der Waals surface area contributed by atoms with Crippen LogP contribution < -0.4 is 5.32 Å². The monoisotopic (exact) mass is 376 g/mol. The molecule has 0 aliphatic heterocycles. The summed E-state index contributed by atoms with van der Waals surface area (Å²) >= 11 is 7.86. The van der Waals surface area contributed by atoms with E-state index in [1.165, 1.54) is 18.2 Å². The van der Waals surface area contributed by atoms with Crippen molar-refractivity contribution in [2.75, 3.05) is 5.32 Å². The summed E-state index contributed by atoms with van der Waals surface area (Å²) in [6.07, 6.45) is 0.